The molecule has 0 fully saturated rings. The summed E-state index contributed by atoms with van der Waals surface area (Å²) in [5.74, 6) is 1.07. The molecule has 21 heavy (non-hydrogen) atoms. The molecular weight excluding hydrogens is 334 g/mol. The van der Waals surface area contributed by atoms with Crippen molar-refractivity contribution in [3.63, 3.8) is 0 Å². The Kier molecular flexibility index (Phi) is 4.12. The van der Waals surface area contributed by atoms with E-state index in [1.165, 1.54) is 0 Å². The van der Waals surface area contributed by atoms with E-state index in [4.69, 9.17) is 10.3 Å². The lowest BCUT2D eigenvalue weighted by Crippen LogP contribution is -2.14. The van der Waals surface area contributed by atoms with Crippen molar-refractivity contribution in [2.75, 3.05) is 0 Å². The zero-order valence-corrected chi connectivity index (χ0v) is 12.7. The summed E-state index contributed by atoms with van der Waals surface area (Å²) < 4.78 is 6.27. The van der Waals surface area contributed by atoms with Gasteiger partial charge in [0.15, 0.2) is 5.82 Å². The summed E-state index contributed by atoms with van der Waals surface area (Å²) in [6.45, 7) is 0. The first-order chi connectivity index (χ1) is 10.2. The molecule has 0 radical (unpaired) electrons. The molecule has 0 unspecified atom stereocenters. The van der Waals surface area contributed by atoms with Crippen LogP contribution in [0.1, 0.15) is 29.0 Å². The van der Waals surface area contributed by atoms with Crippen molar-refractivity contribution in [3.05, 3.63) is 64.2 Å². The maximum Gasteiger partial charge on any atom is 0.243 e. The standard InChI is InChI=1S/C14H14BrN5O/c15-10-3-1-2-9(4-10)5-13-19-14(21-20-13)12(16)6-11-7-17-8-18-11/h1-4,7-8,12H,5-6,16H2,(H,17,18)/t12-/m0/s1. The Morgan fingerprint density at radius 1 is 1.38 bits per heavy atom. The van der Waals surface area contributed by atoms with E-state index in [-0.39, 0.29) is 6.04 Å². The molecular formula is C14H14BrN5O. The quantitative estimate of drug-likeness (QED) is 0.738. The number of imidazole rings is 1. The number of aromatic amines is 1. The minimum atomic E-state index is -0.339. The van der Waals surface area contributed by atoms with Crippen LogP contribution in [0.3, 0.4) is 0 Å². The van der Waals surface area contributed by atoms with Gasteiger partial charge < -0.3 is 15.2 Å². The number of hydrogen-bond donors (Lipinski definition) is 2. The Labute approximate surface area is 129 Å². The highest BCUT2D eigenvalue weighted by molar-refractivity contribution is 9.10. The third-order valence-electron chi connectivity index (χ3n) is 3.05. The average molecular weight is 348 g/mol. The summed E-state index contributed by atoms with van der Waals surface area (Å²) in [7, 11) is 0. The highest BCUT2D eigenvalue weighted by atomic mass is 79.9. The molecule has 2 aromatic heterocycles. The van der Waals surface area contributed by atoms with Gasteiger partial charge >= 0.3 is 0 Å². The van der Waals surface area contributed by atoms with Gasteiger partial charge in [-0.05, 0) is 17.7 Å². The van der Waals surface area contributed by atoms with Gasteiger partial charge in [0.1, 0.15) is 0 Å². The molecule has 0 spiro atoms. The molecule has 3 aromatic rings. The van der Waals surface area contributed by atoms with Gasteiger partial charge in [-0.3, -0.25) is 0 Å². The van der Waals surface area contributed by atoms with E-state index in [9.17, 15) is 0 Å². The number of H-pyrrole nitrogens is 1. The number of nitrogens with one attached hydrogen (secondary N) is 1. The lowest BCUT2D eigenvalue weighted by molar-refractivity contribution is 0.350. The first kappa shape index (κ1) is 14.0. The van der Waals surface area contributed by atoms with Crippen molar-refractivity contribution in [3.8, 4) is 0 Å². The van der Waals surface area contributed by atoms with E-state index in [1.54, 1.807) is 12.5 Å². The summed E-state index contributed by atoms with van der Waals surface area (Å²) in [5.41, 5.74) is 8.11. The second-order valence-electron chi connectivity index (χ2n) is 4.74. The lowest BCUT2D eigenvalue weighted by atomic mass is 10.1. The van der Waals surface area contributed by atoms with Gasteiger partial charge in [0.25, 0.3) is 0 Å². The van der Waals surface area contributed by atoms with Crippen LogP contribution in [0, 0.1) is 0 Å². The second-order valence-corrected chi connectivity index (χ2v) is 5.66. The van der Waals surface area contributed by atoms with Crippen molar-refractivity contribution in [2.45, 2.75) is 18.9 Å². The van der Waals surface area contributed by atoms with Crippen molar-refractivity contribution in [1.29, 1.82) is 0 Å². The molecule has 2 heterocycles. The van der Waals surface area contributed by atoms with Crippen LogP contribution in [0.4, 0.5) is 0 Å². The highest BCUT2D eigenvalue weighted by Crippen LogP contribution is 2.16. The Morgan fingerprint density at radius 2 is 2.29 bits per heavy atom. The predicted molar refractivity (Wildman–Crippen MR) is 80.5 cm³/mol. The summed E-state index contributed by atoms with van der Waals surface area (Å²) in [6.07, 6.45) is 4.55. The van der Waals surface area contributed by atoms with Crippen LogP contribution < -0.4 is 5.73 Å². The first-order valence-electron chi connectivity index (χ1n) is 6.50. The zero-order valence-electron chi connectivity index (χ0n) is 11.2. The summed E-state index contributed by atoms with van der Waals surface area (Å²) in [4.78, 5) is 11.3. The Bertz CT molecular complexity index is 710. The molecule has 0 amide bonds. The van der Waals surface area contributed by atoms with E-state index in [1.807, 2.05) is 24.3 Å². The largest absolute Gasteiger partial charge is 0.348 e. The van der Waals surface area contributed by atoms with Crippen LogP contribution >= 0.6 is 15.9 Å². The summed E-state index contributed by atoms with van der Waals surface area (Å²) in [6, 6.07) is 7.66. The lowest BCUT2D eigenvalue weighted by Gasteiger charge is -2.03. The van der Waals surface area contributed by atoms with Crippen LogP contribution in [-0.4, -0.2) is 20.1 Å². The van der Waals surface area contributed by atoms with Gasteiger partial charge in [0.05, 0.1) is 12.4 Å². The highest BCUT2D eigenvalue weighted by Gasteiger charge is 2.16. The molecule has 0 saturated carbocycles. The molecule has 3 N–H and O–H groups in total. The maximum atomic E-state index is 6.07. The minimum Gasteiger partial charge on any atom is -0.348 e. The van der Waals surface area contributed by atoms with Crippen LogP contribution in [0.15, 0.2) is 45.8 Å². The number of rotatable bonds is 5. The van der Waals surface area contributed by atoms with Gasteiger partial charge in [0.2, 0.25) is 5.89 Å². The molecule has 3 rings (SSSR count). The molecule has 108 valence electrons. The Balaban J connectivity index is 1.68. The SMILES string of the molecule is N[C@@H](Cc1cnc[nH]1)c1nc(Cc2cccc(Br)c2)no1. The average Bonchev–Trinajstić information content (AvgIpc) is 3.10. The van der Waals surface area contributed by atoms with Crippen LogP contribution in [0.5, 0.6) is 0 Å². The molecule has 7 heteroatoms. The van der Waals surface area contributed by atoms with Crippen molar-refractivity contribution >= 4 is 15.9 Å². The number of nitrogens with zero attached hydrogens (tertiary/aromatic N) is 3. The van der Waals surface area contributed by atoms with Crippen molar-refractivity contribution < 1.29 is 4.52 Å². The molecule has 1 atom stereocenters. The van der Waals surface area contributed by atoms with Gasteiger partial charge in [-0.15, -0.1) is 0 Å². The summed E-state index contributed by atoms with van der Waals surface area (Å²) in [5, 5.41) is 3.98. The van der Waals surface area contributed by atoms with E-state index < -0.39 is 0 Å². The second kappa shape index (κ2) is 6.19. The topological polar surface area (TPSA) is 93.6 Å². The third-order valence-corrected chi connectivity index (χ3v) is 3.54. The van der Waals surface area contributed by atoms with Crippen LogP contribution in [0.25, 0.3) is 0 Å². The van der Waals surface area contributed by atoms with E-state index in [0.717, 1.165) is 15.7 Å². The van der Waals surface area contributed by atoms with Gasteiger partial charge in [-0.25, -0.2) is 4.98 Å². The van der Waals surface area contributed by atoms with E-state index in [0.29, 0.717) is 24.6 Å². The van der Waals surface area contributed by atoms with Gasteiger partial charge in [0, 0.05) is 29.2 Å². The number of halogens is 1. The minimum absolute atomic E-state index is 0.339. The van der Waals surface area contributed by atoms with Gasteiger partial charge in [-0.2, -0.15) is 4.98 Å². The number of benzene rings is 1. The van der Waals surface area contributed by atoms with Crippen LogP contribution in [-0.2, 0) is 12.8 Å². The molecule has 0 saturated heterocycles. The Hall–Kier alpha value is -1.99. The molecule has 1 aromatic carbocycles. The van der Waals surface area contributed by atoms with Crippen molar-refractivity contribution in [1.82, 2.24) is 20.1 Å². The van der Waals surface area contributed by atoms with Gasteiger partial charge in [-0.1, -0.05) is 33.2 Å². The normalized spacial score (nSPS) is 12.5. The number of hydrogen-bond acceptors (Lipinski definition) is 5. The fraction of sp³-hybridized carbons (Fsp3) is 0.214. The fourth-order valence-corrected chi connectivity index (χ4v) is 2.49. The number of nitrogens with two attached hydrogens (primary N) is 1. The third kappa shape index (κ3) is 3.56. The fourth-order valence-electron chi connectivity index (χ4n) is 2.04. The molecule has 0 bridgehead atoms. The predicted octanol–water partition coefficient (Wildman–Crippen LogP) is 2.39. The monoisotopic (exact) mass is 347 g/mol. The maximum absolute atomic E-state index is 6.07. The van der Waals surface area contributed by atoms with Crippen LogP contribution in [0.2, 0.25) is 0 Å². The van der Waals surface area contributed by atoms with Crippen molar-refractivity contribution in [2.24, 2.45) is 5.73 Å². The Morgan fingerprint density at radius 3 is 3.05 bits per heavy atom. The smallest absolute Gasteiger partial charge is 0.243 e. The number of aromatic nitrogens is 4. The van der Waals surface area contributed by atoms with E-state index in [2.05, 4.69) is 36.0 Å². The zero-order chi connectivity index (χ0) is 14.7. The molecule has 0 aliphatic heterocycles. The summed E-state index contributed by atoms with van der Waals surface area (Å²) >= 11 is 3.44. The van der Waals surface area contributed by atoms with E-state index >= 15 is 0 Å². The molecule has 6 nitrogen and oxygen atoms in total. The molecule has 0 aliphatic carbocycles. The molecule has 0 aliphatic rings. The first-order valence-corrected chi connectivity index (χ1v) is 7.30.